The molecule has 0 fully saturated rings. The quantitative estimate of drug-likeness (QED) is 0.450. The van der Waals surface area contributed by atoms with Crippen molar-refractivity contribution in [3.63, 3.8) is 0 Å². The van der Waals surface area contributed by atoms with E-state index in [0.29, 0.717) is 11.4 Å². The first kappa shape index (κ1) is 15.8. The summed E-state index contributed by atoms with van der Waals surface area (Å²) in [6.07, 6.45) is 0. The maximum atomic E-state index is 11.3. The van der Waals surface area contributed by atoms with Crippen molar-refractivity contribution in [3.8, 4) is 11.3 Å². The van der Waals surface area contributed by atoms with E-state index in [1.807, 2.05) is 48.5 Å². The second-order valence-corrected chi connectivity index (χ2v) is 5.81. The van der Waals surface area contributed by atoms with Crippen molar-refractivity contribution in [1.29, 1.82) is 0 Å². The molecule has 26 heavy (non-hydrogen) atoms. The van der Waals surface area contributed by atoms with Crippen molar-refractivity contribution >= 4 is 28.2 Å². The highest BCUT2D eigenvalue weighted by molar-refractivity contribution is 5.94. The molecule has 126 valence electrons. The van der Waals surface area contributed by atoms with Crippen molar-refractivity contribution in [2.75, 3.05) is 0 Å². The molecule has 2 N–H and O–H groups in total. The van der Waals surface area contributed by atoms with Crippen LogP contribution in [0.3, 0.4) is 0 Å². The zero-order valence-corrected chi connectivity index (χ0v) is 13.8. The molecule has 0 atom stereocenters. The highest BCUT2D eigenvalue weighted by atomic mass is 16.4. The molecule has 0 saturated carbocycles. The molecule has 1 aromatic heterocycles. The molecule has 0 spiro atoms. The first-order valence-corrected chi connectivity index (χ1v) is 8.13. The molecule has 0 aliphatic carbocycles. The molecule has 0 amide bonds. The van der Waals surface area contributed by atoms with Crippen LogP contribution >= 0.6 is 0 Å². The summed E-state index contributed by atoms with van der Waals surface area (Å²) >= 11 is 0. The van der Waals surface area contributed by atoms with Crippen molar-refractivity contribution in [2.45, 2.75) is 0 Å². The lowest BCUT2D eigenvalue weighted by atomic mass is 10.1. The molecule has 0 unspecified atom stereocenters. The van der Waals surface area contributed by atoms with Gasteiger partial charge in [-0.15, -0.1) is 10.2 Å². The van der Waals surface area contributed by atoms with E-state index in [1.54, 1.807) is 18.2 Å². The van der Waals surface area contributed by atoms with Gasteiger partial charge < -0.3 is 10.1 Å². The van der Waals surface area contributed by atoms with Gasteiger partial charge >= 0.3 is 5.97 Å². The van der Waals surface area contributed by atoms with E-state index < -0.39 is 5.97 Å². The van der Waals surface area contributed by atoms with E-state index in [4.69, 9.17) is 0 Å². The monoisotopic (exact) mass is 341 g/mol. The second kappa shape index (κ2) is 6.64. The Kier molecular flexibility index (Phi) is 4.03. The molecular formula is C21H15N3O2. The lowest BCUT2D eigenvalue weighted by molar-refractivity contribution is 0.0697. The molecule has 0 radical (unpaired) electrons. The van der Waals surface area contributed by atoms with Crippen LogP contribution in [-0.2, 0) is 0 Å². The maximum absolute atomic E-state index is 11.3. The van der Waals surface area contributed by atoms with Crippen molar-refractivity contribution in [3.05, 3.63) is 84.4 Å². The van der Waals surface area contributed by atoms with Crippen LogP contribution in [-0.4, -0.2) is 16.1 Å². The topological polar surface area (TPSA) is 77.8 Å². The number of benzene rings is 3. The van der Waals surface area contributed by atoms with E-state index in [1.165, 1.54) is 6.07 Å². The fourth-order valence-corrected chi connectivity index (χ4v) is 2.85. The van der Waals surface area contributed by atoms with Gasteiger partial charge in [0, 0.05) is 11.1 Å². The number of aromatic amines is 1. The molecule has 0 saturated heterocycles. The van der Waals surface area contributed by atoms with Gasteiger partial charge in [-0.05, 0) is 29.8 Å². The Morgan fingerprint density at radius 1 is 0.808 bits per heavy atom. The molecule has 3 aromatic carbocycles. The van der Waals surface area contributed by atoms with E-state index in [-0.39, 0.29) is 5.56 Å². The summed E-state index contributed by atoms with van der Waals surface area (Å²) in [4.78, 5) is 14.7. The number of nitrogens with one attached hydrogen (secondary N) is 1. The molecule has 0 aliphatic heterocycles. The molecule has 4 aromatic rings. The number of carboxylic acid groups (broad SMARTS) is 1. The summed E-state index contributed by atoms with van der Waals surface area (Å²) in [7, 11) is 0. The van der Waals surface area contributed by atoms with Gasteiger partial charge in [0.15, 0.2) is 0 Å². The Labute approximate surface area is 149 Å². The van der Waals surface area contributed by atoms with Gasteiger partial charge in [-0.25, -0.2) is 4.79 Å². The maximum Gasteiger partial charge on any atom is 0.337 e. The van der Waals surface area contributed by atoms with Crippen LogP contribution in [0, 0.1) is 0 Å². The third-order valence-electron chi connectivity index (χ3n) is 4.12. The van der Waals surface area contributed by atoms with Crippen LogP contribution in [0.5, 0.6) is 0 Å². The first-order chi connectivity index (χ1) is 12.7. The number of aromatic carboxylic acids is 1. The average Bonchev–Trinajstić information content (AvgIpc) is 3.12. The largest absolute Gasteiger partial charge is 0.478 e. The van der Waals surface area contributed by atoms with E-state index in [0.717, 1.165) is 22.2 Å². The van der Waals surface area contributed by atoms with E-state index in [9.17, 15) is 9.90 Å². The van der Waals surface area contributed by atoms with E-state index in [2.05, 4.69) is 21.3 Å². The Morgan fingerprint density at radius 2 is 1.50 bits per heavy atom. The van der Waals surface area contributed by atoms with E-state index >= 15 is 0 Å². The third-order valence-corrected chi connectivity index (χ3v) is 4.12. The lowest BCUT2D eigenvalue weighted by Crippen LogP contribution is -1.95. The van der Waals surface area contributed by atoms with Gasteiger partial charge in [-0.1, -0.05) is 54.6 Å². The number of aromatic nitrogens is 1. The average molecular weight is 341 g/mol. The number of H-pyrrole nitrogens is 1. The van der Waals surface area contributed by atoms with Crippen LogP contribution in [0.25, 0.3) is 22.2 Å². The fraction of sp³-hybridized carbons (Fsp3) is 0. The molecular weight excluding hydrogens is 326 g/mol. The number of hydrogen-bond acceptors (Lipinski definition) is 3. The highest BCUT2D eigenvalue weighted by Crippen LogP contribution is 2.31. The number of nitrogens with zero attached hydrogens (tertiary/aromatic N) is 2. The number of para-hydroxylation sites is 1. The zero-order valence-electron chi connectivity index (χ0n) is 13.8. The predicted molar refractivity (Wildman–Crippen MR) is 101 cm³/mol. The SMILES string of the molecule is O=C(O)c1ccccc1N=Nc1cccc2cc(-c3ccccc3)[nH]c12. The van der Waals surface area contributed by atoms with Crippen LogP contribution in [0.15, 0.2) is 89.1 Å². The van der Waals surface area contributed by atoms with Crippen LogP contribution in [0.1, 0.15) is 10.4 Å². The normalized spacial score (nSPS) is 11.2. The fourth-order valence-electron chi connectivity index (χ4n) is 2.85. The highest BCUT2D eigenvalue weighted by Gasteiger charge is 2.09. The minimum atomic E-state index is -1.02. The molecule has 0 aliphatic rings. The van der Waals surface area contributed by atoms with Crippen molar-refractivity contribution < 1.29 is 9.90 Å². The Bertz CT molecular complexity index is 1110. The Balaban J connectivity index is 1.76. The van der Waals surface area contributed by atoms with Crippen molar-refractivity contribution in [2.24, 2.45) is 10.2 Å². The summed E-state index contributed by atoms with van der Waals surface area (Å²) in [6, 6.07) is 24.4. The predicted octanol–water partition coefficient (Wildman–Crippen LogP) is 5.95. The number of carboxylic acids is 1. The number of azo groups is 1. The van der Waals surface area contributed by atoms with Gasteiger partial charge in [-0.3, -0.25) is 0 Å². The molecule has 5 heteroatoms. The second-order valence-electron chi connectivity index (χ2n) is 5.81. The summed E-state index contributed by atoms with van der Waals surface area (Å²) in [5, 5.41) is 18.7. The van der Waals surface area contributed by atoms with Crippen LogP contribution in [0.2, 0.25) is 0 Å². The van der Waals surface area contributed by atoms with Gasteiger partial charge in [0.05, 0.1) is 11.1 Å². The van der Waals surface area contributed by atoms with Gasteiger partial charge in [0.1, 0.15) is 11.4 Å². The first-order valence-electron chi connectivity index (χ1n) is 8.13. The smallest absolute Gasteiger partial charge is 0.337 e. The van der Waals surface area contributed by atoms with Crippen LogP contribution < -0.4 is 0 Å². The number of hydrogen-bond donors (Lipinski definition) is 2. The summed E-state index contributed by atoms with van der Waals surface area (Å²) in [6.45, 7) is 0. The van der Waals surface area contributed by atoms with Crippen LogP contribution in [0.4, 0.5) is 11.4 Å². The number of fused-ring (bicyclic) bond motifs is 1. The standard InChI is InChI=1S/C21H15N3O2/c25-21(26)16-10-4-5-11-17(16)23-24-18-12-6-9-15-13-19(22-20(15)18)14-7-2-1-3-8-14/h1-13,22H,(H,25,26). The summed E-state index contributed by atoms with van der Waals surface area (Å²) < 4.78 is 0. The van der Waals surface area contributed by atoms with Gasteiger partial charge in [-0.2, -0.15) is 0 Å². The van der Waals surface area contributed by atoms with Gasteiger partial charge in [0.2, 0.25) is 0 Å². The molecule has 5 nitrogen and oxygen atoms in total. The molecule has 0 bridgehead atoms. The Hall–Kier alpha value is -3.73. The number of carbonyl (C=O) groups is 1. The molecule has 4 rings (SSSR count). The Morgan fingerprint density at radius 3 is 2.31 bits per heavy atom. The van der Waals surface area contributed by atoms with Crippen molar-refractivity contribution in [1.82, 2.24) is 4.98 Å². The zero-order chi connectivity index (χ0) is 17.9. The lowest BCUT2D eigenvalue weighted by Gasteiger charge is -1.99. The summed E-state index contributed by atoms with van der Waals surface area (Å²) in [5.41, 5.74) is 4.05. The third kappa shape index (κ3) is 2.98. The number of rotatable bonds is 4. The summed E-state index contributed by atoms with van der Waals surface area (Å²) in [5.74, 6) is -1.02. The molecule has 1 heterocycles. The minimum Gasteiger partial charge on any atom is -0.478 e. The minimum absolute atomic E-state index is 0.125. The van der Waals surface area contributed by atoms with Gasteiger partial charge in [0.25, 0.3) is 0 Å².